The van der Waals surface area contributed by atoms with Crippen LogP contribution in [0.15, 0.2) is 48.5 Å². The molecule has 2 aromatic carbocycles. The van der Waals surface area contributed by atoms with Crippen LogP contribution in [0.5, 0.6) is 0 Å². The number of carbonyl (C=O) groups excluding carboxylic acids is 1. The molecule has 1 unspecified atom stereocenters. The minimum Gasteiger partial charge on any atom is -0.358 e. The largest absolute Gasteiger partial charge is 0.358 e. The molecule has 28 heavy (non-hydrogen) atoms. The van der Waals surface area contributed by atoms with Crippen LogP contribution in [0, 0.1) is 10.1 Å². The van der Waals surface area contributed by atoms with E-state index in [1.165, 1.54) is 0 Å². The fraction of sp³-hybridized carbons (Fsp3) is 0.300. The van der Waals surface area contributed by atoms with E-state index in [1.807, 2.05) is 18.2 Å². The average molecular weight is 398 g/mol. The summed E-state index contributed by atoms with van der Waals surface area (Å²) in [5.41, 5.74) is 1.91. The Kier molecular flexibility index (Phi) is 6.67. The quantitative estimate of drug-likeness (QED) is 0.407. The number of nitrogens with zero attached hydrogens (tertiary/aromatic N) is 1. The van der Waals surface area contributed by atoms with Crippen LogP contribution < -0.4 is 16.0 Å². The van der Waals surface area contributed by atoms with Crippen LogP contribution >= 0.6 is 12.2 Å². The molecule has 146 valence electrons. The predicted octanol–water partition coefficient (Wildman–Crippen LogP) is 2.87. The molecule has 3 N–H and O–H groups in total. The van der Waals surface area contributed by atoms with Crippen LogP contribution in [0.25, 0.3) is 0 Å². The Morgan fingerprint density at radius 1 is 1.21 bits per heavy atom. The van der Waals surface area contributed by atoms with Crippen molar-refractivity contribution in [2.24, 2.45) is 0 Å². The number of carbonyl (C=O) groups is 1. The third kappa shape index (κ3) is 4.90. The van der Waals surface area contributed by atoms with Gasteiger partial charge in [-0.2, -0.15) is 0 Å². The van der Waals surface area contributed by atoms with E-state index in [0.29, 0.717) is 11.1 Å². The van der Waals surface area contributed by atoms with Crippen LogP contribution in [0.1, 0.15) is 40.2 Å². The van der Waals surface area contributed by atoms with Crippen molar-refractivity contribution in [2.75, 3.05) is 13.1 Å². The molecular formula is C20H22N4O3S. The van der Waals surface area contributed by atoms with E-state index in [2.05, 4.69) is 16.0 Å². The highest BCUT2D eigenvalue weighted by atomic mass is 32.1. The van der Waals surface area contributed by atoms with E-state index in [1.54, 1.807) is 30.3 Å². The molecule has 1 heterocycles. The van der Waals surface area contributed by atoms with Crippen molar-refractivity contribution in [1.82, 2.24) is 16.0 Å². The second kappa shape index (κ2) is 9.38. The van der Waals surface area contributed by atoms with Gasteiger partial charge in [0.25, 0.3) is 11.6 Å². The van der Waals surface area contributed by atoms with Gasteiger partial charge in [0.15, 0.2) is 5.11 Å². The van der Waals surface area contributed by atoms with E-state index < -0.39 is 0 Å². The van der Waals surface area contributed by atoms with Gasteiger partial charge in [-0.3, -0.25) is 20.2 Å². The van der Waals surface area contributed by atoms with Gasteiger partial charge in [-0.25, -0.2) is 0 Å². The monoisotopic (exact) mass is 398 g/mol. The smallest absolute Gasteiger partial charge is 0.277 e. The molecule has 0 aromatic heterocycles. The van der Waals surface area contributed by atoms with Gasteiger partial charge in [-0.15, -0.1) is 0 Å². The zero-order valence-corrected chi connectivity index (χ0v) is 16.1. The van der Waals surface area contributed by atoms with Gasteiger partial charge in [-0.05, 0) is 43.7 Å². The molecule has 7 nitrogen and oxygen atoms in total. The van der Waals surface area contributed by atoms with E-state index in [0.717, 1.165) is 31.5 Å². The highest BCUT2D eigenvalue weighted by Gasteiger charge is 2.26. The Morgan fingerprint density at radius 3 is 2.68 bits per heavy atom. The van der Waals surface area contributed by atoms with E-state index in [9.17, 15) is 14.9 Å². The van der Waals surface area contributed by atoms with Crippen LogP contribution in [0.2, 0.25) is 0 Å². The Bertz CT molecular complexity index is 867. The van der Waals surface area contributed by atoms with Gasteiger partial charge in [0, 0.05) is 35.7 Å². The fourth-order valence-electron chi connectivity index (χ4n) is 3.41. The van der Waals surface area contributed by atoms with Gasteiger partial charge < -0.3 is 10.6 Å². The van der Waals surface area contributed by atoms with Gasteiger partial charge in [0.1, 0.15) is 0 Å². The van der Waals surface area contributed by atoms with E-state index in [-0.39, 0.29) is 34.1 Å². The number of thiocarbonyl (C=S) groups is 1. The van der Waals surface area contributed by atoms with Crippen molar-refractivity contribution in [2.45, 2.75) is 25.3 Å². The lowest BCUT2D eigenvalue weighted by molar-refractivity contribution is -0.386. The molecule has 3 rings (SSSR count). The standard InChI is InChI=1S/C20H22N4O3S/c25-19(14-6-2-1-3-7-14)23-20(28)22-13-16-8-4-10-17(18(16)24(26)27)15-9-5-11-21-12-15/h1-4,6-8,10,15,21H,5,9,11-13H2,(H2,22,23,25,28). The van der Waals surface area contributed by atoms with Crippen molar-refractivity contribution in [3.05, 3.63) is 75.3 Å². The van der Waals surface area contributed by atoms with Crippen LogP contribution in [0.3, 0.4) is 0 Å². The predicted molar refractivity (Wildman–Crippen MR) is 111 cm³/mol. The lowest BCUT2D eigenvalue weighted by atomic mass is 9.89. The summed E-state index contributed by atoms with van der Waals surface area (Å²) in [6.45, 7) is 1.85. The summed E-state index contributed by atoms with van der Waals surface area (Å²) in [7, 11) is 0. The molecule has 1 aliphatic rings. The first-order valence-electron chi connectivity index (χ1n) is 9.17. The number of piperidine rings is 1. The molecule has 1 fully saturated rings. The molecule has 0 bridgehead atoms. The molecule has 0 saturated carbocycles. The van der Waals surface area contributed by atoms with Crippen molar-refractivity contribution in [3.8, 4) is 0 Å². The van der Waals surface area contributed by atoms with Crippen LogP contribution in [-0.2, 0) is 6.54 Å². The molecule has 2 aromatic rings. The molecule has 1 saturated heterocycles. The number of benzene rings is 2. The molecule has 0 spiro atoms. The second-order valence-corrected chi connectivity index (χ2v) is 7.07. The zero-order valence-electron chi connectivity index (χ0n) is 15.3. The number of hydrogen-bond donors (Lipinski definition) is 3. The SMILES string of the molecule is O=C(NC(=S)NCc1cccc(C2CCCNC2)c1[N+](=O)[O-])c1ccccc1. The van der Waals surface area contributed by atoms with Gasteiger partial charge in [-0.1, -0.05) is 36.4 Å². The molecule has 1 aliphatic heterocycles. The van der Waals surface area contributed by atoms with Crippen LogP contribution in [-0.4, -0.2) is 29.0 Å². The first kappa shape index (κ1) is 19.9. The van der Waals surface area contributed by atoms with Gasteiger partial charge in [0.05, 0.1) is 4.92 Å². The maximum atomic E-state index is 12.1. The first-order chi connectivity index (χ1) is 13.6. The van der Waals surface area contributed by atoms with Crippen molar-refractivity contribution in [3.63, 3.8) is 0 Å². The maximum Gasteiger partial charge on any atom is 0.277 e. The Balaban J connectivity index is 1.69. The van der Waals surface area contributed by atoms with E-state index in [4.69, 9.17) is 12.2 Å². The van der Waals surface area contributed by atoms with E-state index >= 15 is 0 Å². The zero-order chi connectivity index (χ0) is 19.9. The van der Waals surface area contributed by atoms with Gasteiger partial charge in [0.2, 0.25) is 0 Å². The third-order valence-corrected chi connectivity index (χ3v) is 5.02. The second-order valence-electron chi connectivity index (χ2n) is 6.66. The Labute approximate surface area is 168 Å². The van der Waals surface area contributed by atoms with Crippen LogP contribution in [0.4, 0.5) is 5.69 Å². The van der Waals surface area contributed by atoms with Crippen molar-refractivity contribution < 1.29 is 9.72 Å². The Hall–Kier alpha value is -2.84. The number of nitro benzene ring substituents is 1. The molecular weight excluding hydrogens is 376 g/mol. The Morgan fingerprint density at radius 2 is 2.00 bits per heavy atom. The molecule has 0 radical (unpaired) electrons. The number of amides is 1. The highest BCUT2D eigenvalue weighted by molar-refractivity contribution is 7.80. The van der Waals surface area contributed by atoms with Crippen molar-refractivity contribution >= 4 is 28.9 Å². The number of nitro groups is 1. The summed E-state index contributed by atoms with van der Waals surface area (Å²) in [5.74, 6) is -0.200. The lowest BCUT2D eigenvalue weighted by Gasteiger charge is -2.23. The molecule has 0 aliphatic carbocycles. The minimum atomic E-state index is -0.327. The lowest BCUT2D eigenvalue weighted by Crippen LogP contribution is -2.39. The fourth-order valence-corrected chi connectivity index (χ4v) is 3.57. The molecule has 1 atom stereocenters. The number of para-hydroxylation sites is 1. The van der Waals surface area contributed by atoms with Crippen molar-refractivity contribution in [1.29, 1.82) is 0 Å². The first-order valence-corrected chi connectivity index (χ1v) is 9.58. The molecule has 1 amide bonds. The summed E-state index contributed by atoms with van der Waals surface area (Å²) in [5, 5.41) is 20.7. The summed E-state index contributed by atoms with van der Waals surface area (Å²) in [4.78, 5) is 23.6. The highest BCUT2D eigenvalue weighted by Crippen LogP contribution is 2.33. The average Bonchev–Trinajstić information content (AvgIpc) is 2.73. The number of hydrogen-bond acceptors (Lipinski definition) is 5. The molecule has 8 heteroatoms. The number of rotatable bonds is 5. The summed E-state index contributed by atoms with van der Waals surface area (Å²) >= 11 is 5.17. The third-order valence-electron chi connectivity index (χ3n) is 4.77. The van der Waals surface area contributed by atoms with Gasteiger partial charge >= 0.3 is 0 Å². The summed E-state index contributed by atoms with van der Waals surface area (Å²) in [6.07, 6.45) is 1.93. The topological polar surface area (TPSA) is 96.3 Å². The maximum absolute atomic E-state index is 12.1. The normalized spacial score (nSPS) is 16.2. The summed E-state index contributed by atoms with van der Waals surface area (Å²) in [6, 6.07) is 14.1. The number of nitrogens with one attached hydrogen (secondary N) is 3. The summed E-state index contributed by atoms with van der Waals surface area (Å²) < 4.78 is 0. The minimum absolute atomic E-state index is 0.124.